The van der Waals surface area contributed by atoms with Crippen molar-refractivity contribution in [3.05, 3.63) is 78.5 Å². The Balaban J connectivity index is 0.000000140. The van der Waals surface area contributed by atoms with Gasteiger partial charge in [-0.25, -0.2) is 4.79 Å². The first-order chi connectivity index (χ1) is 11.3. The van der Waals surface area contributed by atoms with Gasteiger partial charge in [0.2, 0.25) is 0 Å². The van der Waals surface area contributed by atoms with E-state index in [1.807, 2.05) is 66.9 Å². The van der Waals surface area contributed by atoms with Crippen molar-refractivity contribution in [2.45, 2.75) is 0 Å². The predicted molar refractivity (Wildman–Crippen MR) is 92.6 cm³/mol. The lowest BCUT2D eigenvalue weighted by molar-refractivity contribution is 0.202. The summed E-state index contributed by atoms with van der Waals surface area (Å²) in [7, 11) is 0. The van der Waals surface area contributed by atoms with Crippen molar-refractivity contribution in [1.82, 2.24) is 4.98 Å². The van der Waals surface area contributed by atoms with Gasteiger partial charge in [0.05, 0.1) is 11.2 Å². The number of benzene rings is 2. The van der Waals surface area contributed by atoms with Crippen LogP contribution in [-0.4, -0.2) is 22.7 Å². The number of hydrogen-bond donors (Lipinski definition) is 1. The number of fused-ring (bicyclic) bond motifs is 2. The molecule has 0 atom stereocenters. The quantitative estimate of drug-likeness (QED) is 0.668. The van der Waals surface area contributed by atoms with Crippen molar-refractivity contribution in [3.8, 4) is 0 Å². The van der Waals surface area contributed by atoms with Crippen LogP contribution in [0.3, 0.4) is 0 Å². The Hall–Kier alpha value is -3.14. The van der Waals surface area contributed by atoms with Gasteiger partial charge in [0.1, 0.15) is 0 Å². The standard InChI is InChI=1S/C10H9NO2.C9H7N/c12-10(13)11-7-3-5-8-4-1-2-6-9(8)11;1-2-6-9-8(4-1)5-3-7-10-9/h1-6H,7H2,(H,12,13);1-7H. The molecule has 114 valence electrons. The topological polar surface area (TPSA) is 53.4 Å². The summed E-state index contributed by atoms with van der Waals surface area (Å²) in [4.78, 5) is 16.3. The average Bonchev–Trinajstić information content (AvgIpc) is 2.62. The van der Waals surface area contributed by atoms with E-state index in [1.165, 1.54) is 10.3 Å². The number of amides is 1. The number of anilines is 1. The third-order valence-corrected chi connectivity index (χ3v) is 3.56. The van der Waals surface area contributed by atoms with Crippen molar-refractivity contribution in [3.63, 3.8) is 0 Å². The maximum Gasteiger partial charge on any atom is 0.412 e. The molecule has 4 nitrogen and oxygen atoms in total. The van der Waals surface area contributed by atoms with Crippen LogP contribution >= 0.6 is 0 Å². The minimum atomic E-state index is -0.906. The van der Waals surface area contributed by atoms with Crippen molar-refractivity contribution in [1.29, 1.82) is 0 Å². The van der Waals surface area contributed by atoms with E-state index in [0.717, 1.165) is 16.8 Å². The number of nitrogens with zero attached hydrogens (tertiary/aromatic N) is 2. The largest absolute Gasteiger partial charge is 0.465 e. The molecule has 0 aliphatic carbocycles. The van der Waals surface area contributed by atoms with Crippen LogP contribution in [0.5, 0.6) is 0 Å². The Morgan fingerprint density at radius 1 is 1.00 bits per heavy atom. The number of rotatable bonds is 0. The number of pyridine rings is 1. The molecule has 1 aliphatic rings. The monoisotopic (exact) mass is 304 g/mol. The van der Waals surface area contributed by atoms with E-state index >= 15 is 0 Å². The molecule has 1 N–H and O–H groups in total. The molecule has 2 heterocycles. The highest BCUT2D eigenvalue weighted by atomic mass is 16.4. The molecule has 23 heavy (non-hydrogen) atoms. The first kappa shape index (κ1) is 14.8. The summed E-state index contributed by atoms with van der Waals surface area (Å²) in [6.07, 6.45) is 4.69. The molecule has 0 spiro atoms. The minimum absolute atomic E-state index is 0.437. The van der Waals surface area contributed by atoms with Crippen LogP contribution < -0.4 is 4.90 Å². The van der Waals surface area contributed by atoms with E-state index in [2.05, 4.69) is 17.1 Å². The Kier molecular flexibility index (Phi) is 4.34. The molecule has 4 rings (SSSR count). The molecule has 0 bridgehead atoms. The molecule has 4 heteroatoms. The van der Waals surface area contributed by atoms with Gasteiger partial charge in [0.15, 0.2) is 0 Å². The fraction of sp³-hybridized carbons (Fsp3) is 0.0526. The van der Waals surface area contributed by atoms with Gasteiger partial charge < -0.3 is 5.11 Å². The van der Waals surface area contributed by atoms with Crippen molar-refractivity contribution >= 4 is 28.8 Å². The lowest BCUT2D eigenvalue weighted by Gasteiger charge is -2.22. The number of aromatic nitrogens is 1. The van der Waals surface area contributed by atoms with Crippen molar-refractivity contribution in [2.24, 2.45) is 0 Å². The van der Waals surface area contributed by atoms with Gasteiger partial charge in [-0.2, -0.15) is 0 Å². The lowest BCUT2D eigenvalue weighted by Crippen LogP contribution is -2.31. The molecule has 0 saturated carbocycles. The Bertz CT molecular complexity index is 793. The Morgan fingerprint density at radius 3 is 2.57 bits per heavy atom. The molecule has 1 amide bonds. The summed E-state index contributed by atoms with van der Waals surface area (Å²) >= 11 is 0. The highest BCUT2D eigenvalue weighted by Gasteiger charge is 2.17. The summed E-state index contributed by atoms with van der Waals surface area (Å²) in [5, 5.41) is 10.1. The first-order valence-corrected chi connectivity index (χ1v) is 7.31. The lowest BCUT2D eigenvalue weighted by atomic mass is 10.1. The second kappa shape index (κ2) is 6.75. The summed E-state index contributed by atoms with van der Waals surface area (Å²) in [5.41, 5.74) is 2.78. The molecular weight excluding hydrogens is 288 g/mol. The smallest absolute Gasteiger partial charge is 0.412 e. The number of carboxylic acid groups (broad SMARTS) is 1. The van der Waals surface area contributed by atoms with Gasteiger partial charge in [0, 0.05) is 18.1 Å². The molecular formula is C19H16N2O2. The van der Waals surface area contributed by atoms with Gasteiger partial charge in [-0.1, -0.05) is 54.6 Å². The molecule has 0 saturated heterocycles. The van der Waals surface area contributed by atoms with E-state index < -0.39 is 6.09 Å². The van der Waals surface area contributed by atoms with Gasteiger partial charge in [-0.05, 0) is 23.8 Å². The summed E-state index contributed by atoms with van der Waals surface area (Å²) in [6.45, 7) is 0.437. The number of carbonyl (C=O) groups is 1. The molecule has 0 unspecified atom stereocenters. The average molecular weight is 304 g/mol. The van der Waals surface area contributed by atoms with E-state index in [-0.39, 0.29) is 0 Å². The third-order valence-electron chi connectivity index (χ3n) is 3.56. The maximum atomic E-state index is 10.8. The van der Waals surface area contributed by atoms with Crippen LogP contribution in [0, 0.1) is 0 Å². The first-order valence-electron chi connectivity index (χ1n) is 7.31. The van der Waals surface area contributed by atoms with Crippen molar-refractivity contribution < 1.29 is 9.90 Å². The zero-order valence-corrected chi connectivity index (χ0v) is 12.5. The van der Waals surface area contributed by atoms with Crippen LogP contribution in [0.1, 0.15) is 5.56 Å². The van der Waals surface area contributed by atoms with E-state index in [4.69, 9.17) is 5.11 Å². The summed E-state index contributed by atoms with van der Waals surface area (Å²) in [5.74, 6) is 0. The highest BCUT2D eigenvalue weighted by Crippen LogP contribution is 2.25. The molecule has 1 aromatic heterocycles. The van der Waals surface area contributed by atoms with Gasteiger partial charge >= 0.3 is 6.09 Å². The van der Waals surface area contributed by atoms with Gasteiger partial charge in [0.25, 0.3) is 0 Å². The van der Waals surface area contributed by atoms with Crippen LogP contribution in [0.2, 0.25) is 0 Å². The zero-order valence-electron chi connectivity index (χ0n) is 12.5. The second-order valence-corrected chi connectivity index (χ2v) is 5.05. The van der Waals surface area contributed by atoms with E-state index in [0.29, 0.717) is 6.54 Å². The normalized spacial score (nSPS) is 12.3. The SMILES string of the molecule is O=C(O)N1CC=Cc2ccccc21.c1ccc2ncccc2c1. The van der Waals surface area contributed by atoms with Crippen LogP contribution in [0.15, 0.2) is 72.9 Å². The molecule has 1 aliphatic heterocycles. The number of hydrogen-bond acceptors (Lipinski definition) is 2. The highest BCUT2D eigenvalue weighted by molar-refractivity contribution is 5.91. The summed E-state index contributed by atoms with van der Waals surface area (Å²) < 4.78 is 0. The maximum absolute atomic E-state index is 10.8. The van der Waals surface area contributed by atoms with Crippen LogP contribution in [-0.2, 0) is 0 Å². The van der Waals surface area contributed by atoms with Crippen LogP contribution in [0.25, 0.3) is 17.0 Å². The summed E-state index contributed by atoms with van der Waals surface area (Å²) in [6, 6.07) is 19.5. The van der Waals surface area contributed by atoms with E-state index in [1.54, 1.807) is 0 Å². The molecule has 2 aromatic carbocycles. The third kappa shape index (κ3) is 3.37. The van der Waals surface area contributed by atoms with E-state index in [9.17, 15) is 4.79 Å². The number of para-hydroxylation sites is 2. The zero-order chi connectivity index (χ0) is 16.1. The molecule has 0 fully saturated rings. The molecule has 3 aromatic rings. The van der Waals surface area contributed by atoms with Gasteiger partial charge in [-0.15, -0.1) is 0 Å². The fourth-order valence-electron chi connectivity index (χ4n) is 2.45. The van der Waals surface area contributed by atoms with Crippen molar-refractivity contribution in [2.75, 3.05) is 11.4 Å². The second-order valence-electron chi connectivity index (χ2n) is 5.05. The Morgan fingerprint density at radius 2 is 1.74 bits per heavy atom. The van der Waals surface area contributed by atoms with Gasteiger partial charge in [-0.3, -0.25) is 9.88 Å². The predicted octanol–water partition coefficient (Wildman–Crippen LogP) is 4.43. The minimum Gasteiger partial charge on any atom is -0.465 e. The van der Waals surface area contributed by atoms with Crippen LogP contribution in [0.4, 0.5) is 10.5 Å². The fourth-order valence-corrected chi connectivity index (χ4v) is 2.45. The Labute approximate surface area is 134 Å². The molecule has 0 radical (unpaired) electrons.